The van der Waals surface area contributed by atoms with Gasteiger partial charge in [-0.25, -0.2) is 9.97 Å². The van der Waals surface area contributed by atoms with Crippen molar-refractivity contribution in [1.29, 1.82) is 0 Å². The van der Waals surface area contributed by atoms with Crippen LogP contribution >= 0.6 is 11.8 Å². The Kier molecular flexibility index (Phi) is 4.64. The average Bonchev–Trinajstić information content (AvgIpc) is 2.28. The lowest BCUT2D eigenvalue weighted by atomic mass is 10.4. The summed E-state index contributed by atoms with van der Waals surface area (Å²) in [5.74, 6) is 1.60. The highest BCUT2D eigenvalue weighted by Crippen LogP contribution is 2.18. The van der Waals surface area contributed by atoms with E-state index in [0.29, 0.717) is 6.54 Å². The molecule has 0 atom stereocenters. The first kappa shape index (κ1) is 12.1. The second-order valence-corrected chi connectivity index (χ2v) is 3.77. The molecule has 6 heteroatoms. The Bertz CT molecular complexity index is 299. The summed E-state index contributed by atoms with van der Waals surface area (Å²) < 4.78 is 0. The van der Waals surface area contributed by atoms with Crippen molar-refractivity contribution in [2.24, 2.45) is 0 Å². The Hall–Kier alpha value is -1.01. The van der Waals surface area contributed by atoms with E-state index in [1.807, 2.05) is 31.3 Å². The standard InChI is InChI=1S/C9H16N4OS/c1-10-7-6-8(13(2)4-5-14)12-9(11-7)15-3/h6,14H,4-5H2,1-3H3,(H,10,11,12). The summed E-state index contributed by atoms with van der Waals surface area (Å²) in [7, 11) is 3.71. The molecule has 0 aliphatic rings. The Morgan fingerprint density at radius 3 is 2.80 bits per heavy atom. The number of nitrogens with one attached hydrogen (secondary N) is 1. The quantitative estimate of drug-likeness (QED) is 0.570. The van der Waals surface area contributed by atoms with Crippen molar-refractivity contribution in [2.45, 2.75) is 5.16 Å². The van der Waals surface area contributed by atoms with Crippen molar-refractivity contribution in [1.82, 2.24) is 9.97 Å². The molecular weight excluding hydrogens is 212 g/mol. The molecule has 0 amide bonds. The lowest BCUT2D eigenvalue weighted by Gasteiger charge is -2.17. The van der Waals surface area contributed by atoms with Crippen LogP contribution in [0.2, 0.25) is 0 Å². The normalized spacial score (nSPS) is 10.1. The summed E-state index contributed by atoms with van der Waals surface area (Å²) in [5.41, 5.74) is 0. The van der Waals surface area contributed by atoms with E-state index >= 15 is 0 Å². The Balaban J connectivity index is 2.95. The number of aliphatic hydroxyl groups excluding tert-OH is 1. The fraction of sp³-hybridized carbons (Fsp3) is 0.556. The van der Waals surface area contributed by atoms with Gasteiger partial charge in [-0.05, 0) is 6.26 Å². The Morgan fingerprint density at radius 1 is 1.53 bits per heavy atom. The van der Waals surface area contributed by atoms with Crippen LogP contribution in [0.15, 0.2) is 11.2 Å². The van der Waals surface area contributed by atoms with E-state index in [9.17, 15) is 0 Å². The lowest BCUT2D eigenvalue weighted by Crippen LogP contribution is -2.22. The molecule has 0 spiro atoms. The van der Waals surface area contributed by atoms with Gasteiger partial charge in [-0.2, -0.15) is 0 Å². The zero-order chi connectivity index (χ0) is 11.3. The molecule has 15 heavy (non-hydrogen) atoms. The third-order valence-electron chi connectivity index (χ3n) is 1.96. The summed E-state index contributed by atoms with van der Waals surface area (Å²) in [6.45, 7) is 0.679. The van der Waals surface area contributed by atoms with Crippen LogP contribution in [0.25, 0.3) is 0 Å². The number of anilines is 2. The molecule has 0 saturated carbocycles. The van der Waals surface area contributed by atoms with Crippen molar-refractivity contribution in [3.8, 4) is 0 Å². The number of hydrogen-bond acceptors (Lipinski definition) is 6. The number of nitrogens with zero attached hydrogens (tertiary/aromatic N) is 3. The van der Waals surface area contributed by atoms with Crippen molar-refractivity contribution in [3.63, 3.8) is 0 Å². The second-order valence-electron chi connectivity index (χ2n) is 2.99. The molecule has 0 unspecified atom stereocenters. The van der Waals surface area contributed by atoms with E-state index in [1.54, 1.807) is 0 Å². The topological polar surface area (TPSA) is 61.3 Å². The Labute approximate surface area is 93.9 Å². The van der Waals surface area contributed by atoms with Gasteiger partial charge in [0.15, 0.2) is 5.16 Å². The summed E-state index contributed by atoms with van der Waals surface area (Å²) in [5, 5.41) is 12.6. The molecule has 0 aliphatic carbocycles. The van der Waals surface area contributed by atoms with Crippen LogP contribution in [0.1, 0.15) is 0 Å². The largest absolute Gasteiger partial charge is 0.395 e. The van der Waals surface area contributed by atoms with E-state index in [-0.39, 0.29) is 6.61 Å². The van der Waals surface area contributed by atoms with Crippen LogP contribution in [0.5, 0.6) is 0 Å². The predicted octanol–water partition coefficient (Wildman–Crippen LogP) is 0.669. The number of thioether (sulfide) groups is 1. The molecule has 1 aromatic heterocycles. The van der Waals surface area contributed by atoms with Crippen LogP contribution in [0.4, 0.5) is 11.6 Å². The van der Waals surface area contributed by atoms with Gasteiger partial charge in [-0.3, -0.25) is 0 Å². The molecule has 5 nitrogen and oxygen atoms in total. The lowest BCUT2D eigenvalue weighted by molar-refractivity contribution is 0.303. The molecule has 0 aliphatic heterocycles. The maximum atomic E-state index is 8.85. The van der Waals surface area contributed by atoms with Crippen LogP contribution < -0.4 is 10.2 Å². The van der Waals surface area contributed by atoms with Gasteiger partial charge in [0.05, 0.1) is 6.61 Å². The molecule has 1 aromatic rings. The number of rotatable bonds is 5. The van der Waals surface area contributed by atoms with Crippen molar-refractivity contribution >= 4 is 23.4 Å². The Morgan fingerprint density at radius 2 is 2.27 bits per heavy atom. The average molecular weight is 228 g/mol. The van der Waals surface area contributed by atoms with E-state index in [2.05, 4.69) is 15.3 Å². The minimum Gasteiger partial charge on any atom is -0.395 e. The number of hydrogen-bond donors (Lipinski definition) is 2. The minimum absolute atomic E-state index is 0.115. The van der Waals surface area contributed by atoms with E-state index < -0.39 is 0 Å². The van der Waals surface area contributed by atoms with Crippen LogP contribution in [0.3, 0.4) is 0 Å². The first-order valence-electron chi connectivity index (χ1n) is 4.64. The van der Waals surface area contributed by atoms with E-state index in [0.717, 1.165) is 16.8 Å². The smallest absolute Gasteiger partial charge is 0.191 e. The van der Waals surface area contributed by atoms with E-state index in [4.69, 9.17) is 5.11 Å². The van der Waals surface area contributed by atoms with Gasteiger partial charge in [0, 0.05) is 26.7 Å². The molecule has 0 saturated heterocycles. The van der Waals surface area contributed by atoms with Gasteiger partial charge >= 0.3 is 0 Å². The van der Waals surface area contributed by atoms with Gasteiger partial charge in [-0.1, -0.05) is 11.8 Å². The van der Waals surface area contributed by atoms with Gasteiger partial charge in [-0.15, -0.1) is 0 Å². The molecule has 0 aromatic carbocycles. The van der Waals surface area contributed by atoms with Crippen molar-refractivity contribution in [3.05, 3.63) is 6.07 Å². The number of likely N-dealkylation sites (N-methyl/N-ethyl adjacent to an activating group) is 1. The van der Waals surface area contributed by atoms with Crippen molar-refractivity contribution in [2.75, 3.05) is 43.7 Å². The van der Waals surface area contributed by atoms with Gasteiger partial charge < -0.3 is 15.3 Å². The van der Waals surface area contributed by atoms with Crippen molar-refractivity contribution < 1.29 is 5.11 Å². The monoisotopic (exact) mass is 228 g/mol. The summed E-state index contributed by atoms with van der Waals surface area (Å²) >= 11 is 1.50. The molecular formula is C9H16N4OS. The fourth-order valence-corrected chi connectivity index (χ4v) is 1.47. The summed E-state index contributed by atoms with van der Waals surface area (Å²) in [6, 6.07) is 1.86. The fourth-order valence-electron chi connectivity index (χ4n) is 1.09. The maximum Gasteiger partial charge on any atom is 0.191 e. The van der Waals surface area contributed by atoms with Gasteiger partial charge in [0.25, 0.3) is 0 Å². The maximum absolute atomic E-state index is 8.85. The molecule has 0 fully saturated rings. The first-order valence-corrected chi connectivity index (χ1v) is 5.86. The highest BCUT2D eigenvalue weighted by atomic mass is 32.2. The van der Waals surface area contributed by atoms with E-state index in [1.165, 1.54) is 11.8 Å². The van der Waals surface area contributed by atoms with Gasteiger partial charge in [0.2, 0.25) is 0 Å². The highest BCUT2D eigenvalue weighted by Gasteiger charge is 2.06. The molecule has 0 bridgehead atoms. The SMILES string of the molecule is CNc1cc(N(C)CCO)nc(SC)n1. The predicted molar refractivity (Wildman–Crippen MR) is 63.7 cm³/mol. The summed E-state index contributed by atoms with van der Waals surface area (Å²) in [4.78, 5) is 10.5. The second kappa shape index (κ2) is 5.77. The zero-order valence-corrected chi connectivity index (χ0v) is 10.0. The third kappa shape index (κ3) is 3.24. The molecule has 1 heterocycles. The van der Waals surface area contributed by atoms with Crippen LogP contribution in [-0.2, 0) is 0 Å². The molecule has 0 radical (unpaired) electrons. The molecule has 2 N–H and O–H groups in total. The zero-order valence-electron chi connectivity index (χ0n) is 9.19. The van der Waals surface area contributed by atoms with Gasteiger partial charge in [0.1, 0.15) is 11.6 Å². The summed E-state index contributed by atoms with van der Waals surface area (Å²) in [6.07, 6.45) is 1.94. The van der Waals surface area contributed by atoms with Crippen LogP contribution in [0, 0.1) is 0 Å². The third-order valence-corrected chi connectivity index (χ3v) is 2.51. The minimum atomic E-state index is 0.115. The highest BCUT2D eigenvalue weighted by molar-refractivity contribution is 7.98. The number of aromatic nitrogens is 2. The molecule has 84 valence electrons. The first-order chi connectivity index (χ1) is 7.21. The molecule has 1 rings (SSSR count). The van der Waals surface area contributed by atoms with Crippen LogP contribution in [-0.4, -0.2) is 48.6 Å². The number of aliphatic hydroxyl groups is 1.